The van der Waals surface area contributed by atoms with Gasteiger partial charge in [-0.3, -0.25) is 9.59 Å². The van der Waals surface area contributed by atoms with E-state index in [1.807, 2.05) is 31.2 Å². The van der Waals surface area contributed by atoms with Crippen LogP contribution in [-0.2, 0) is 0 Å². The van der Waals surface area contributed by atoms with E-state index in [2.05, 4.69) is 10.6 Å². The third-order valence-electron chi connectivity index (χ3n) is 4.03. The molecule has 2 N–H and O–H groups in total. The molecule has 0 aliphatic rings. The Kier molecular flexibility index (Phi) is 5.56. The predicted molar refractivity (Wildman–Crippen MR) is 102 cm³/mol. The molecule has 0 bridgehead atoms. The Labute approximate surface area is 157 Å². The minimum atomic E-state index is -0.999. The van der Waals surface area contributed by atoms with E-state index in [-0.39, 0.29) is 11.5 Å². The van der Waals surface area contributed by atoms with Crippen LogP contribution >= 0.6 is 0 Å². The molecule has 0 saturated heterocycles. The average Bonchev–Trinajstić information content (AvgIpc) is 3.23. The lowest BCUT2D eigenvalue weighted by molar-refractivity contribution is 0.0852. The number of aryl methyl sites for hydroxylation is 1. The second-order valence-electron chi connectivity index (χ2n) is 5.96. The molecule has 0 fully saturated rings. The van der Waals surface area contributed by atoms with Gasteiger partial charge in [-0.05, 0) is 31.2 Å². The van der Waals surface area contributed by atoms with E-state index in [0.29, 0.717) is 17.0 Å². The molecule has 1 heterocycles. The van der Waals surface area contributed by atoms with Gasteiger partial charge < -0.3 is 19.8 Å². The van der Waals surface area contributed by atoms with Crippen molar-refractivity contribution in [1.29, 1.82) is 0 Å². The number of methoxy groups -OCH3 is 1. The average molecular weight is 364 g/mol. The van der Waals surface area contributed by atoms with Gasteiger partial charge in [-0.25, -0.2) is 0 Å². The van der Waals surface area contributed by atoms with Gasteiger partial charge in [-0.1, -0.05) is 42.0 Å². The van der Waals surface area contributed by atoms with Crippen LogP contribution in [0.25, 0.3) is 0 Å². The van der Waals surface area contributed by atoms with Gasteiger partial charge in [0.2, 0.25) is 5.78 Å². The van der Waals surface area contributed by atoms with Gasteiger partial charge in [0.05, 0.1) is 19.1 Å². The minimum Gasteiger partial charge on any atom is -0.495 e. The van der Waals surface area contributed by atoms with E-state index in [9.17, 15) is 9.59 Å². The topological polar surface area (TPSA) is 80.6 Å². The van der Waals surface area contributed by atoms with Crippen molar-refractivity contribution >= 4 is 17.4 Å². The third-order valence-corrected chi connectivity index (χ3v) is 4.03. The van der Waals surface area contributed by atoms with Gasteiger partial charge in [-0.15, -0.1) is 0 Å². The molecule has 6 heteroatoms. The van der Waals surface area contributed by atoms with Gasteiger partial charge >= 0.3 is 0 Å². The lowest BCUT2D eigenvalue weighted by Crippen LogP contribution is -2.46. The number of hydrogen-bond donors (Lipinski definition) is 2. The van der Waals surface area contributed by atoms with E-state index < -0.39 is 12.1 Å². The van der Waals surface area contributed by atoms with Crippen LogP contribution in [0.1, 0.15) is 26.5 Å². The van der Waals surface area contributed by atoms with Crippen molar-refractivity contribution in [3.63, 3.8) is 0 Å². The van der Waals surface area contributed by atoms with E-state index >= 15 is 0 Å². The summed E-state index contributed by atoms with van der Waals surface area (Å²) in [6, 6.07) is 17.5. The molecule has 27 heavy (non-hydrogen) atoms. The van der Waals surface area contributed by atoms with Crippen molar-refractivity contribution in [2.45, 2.75) is 13.1 Å². The van der Waals surface area contributed by atoms with Crippen LogP contribution in [0.3, 0.4) is 0 Å². The molecule has 3 aromatic rings. The highest BCUT2D eigenvalue weighted by atomic mass is 16.5. The minimum absolute atomic E-state index is 0.124. The smallest absolute Gasteiger partial charge is 0.288 e. The maximum Gasteiger partial charge on any atom is 0.288 e. The second kappa shape index (κ2) is 8.23. The van der Waals surface area contributed by atoms with Crippen molar-refractivity contribution in [2.75, 3.05) is 12.4 Å². The number of ether oxygens (including phenoxy) is 1. The number of hydrogen-bond acceptors (Lipinski definition) is 5. The SMILES string of the molecule is COc1ccccc1N[C@@H](NC(=O)c1ccco1)C(=O)c1ccc(C)cc1. The standard InChI is InChI=1S/C21H20N2O4/c1-14-9-11-15(12-10-14)19(24)20(23-21(25)18-8-5-13-27-18)22-16-6-3-4-7-17(16)26-2/h3-13,20,22H,1-2H3,(H,23,25)/t20-/m0/s1. The van der Waals surface area contributed by atoms with Crippen LogP contribution in [0, 0.1) is 6.92 Å². The predicted octanol–water partition coefficient (Wildman–Crippen LogP) is 3.65. The third kappa shape index (κ3) is 4.36. The summed E-state index contributed by atoms with van der Waals surface area (Å²) in [6.45, 7) is 1.94. The van der Waals surface area contributed by atoms with E-state index in [0.717, 1.165) is 5.56 Å². The Balaban J connectivity index is 1.89. The number of ketones is 1. The number of rotatable bonds is 7. The molecule has 0 radical (unpaired) electrons. The Morgan fingerprint density at radius 2 is 1.74 bits per heavy atom. The van der Waals surface area contributed by atoms with Crippen molar-refractivity contribution in [1.82, 2.24) is 5.32 Å². The van der Waals surface area contributed by atoms with Gasteiger partial charge in [-0.2, -0.15) is 0 Å². The van der Waals surface area contributed by atoms with E-state index in [4.69, 9.17) is 9.15 Å². The summed E-state index contributed by atoms with van der Waals surface area (Å²) >= 11 is 0. The van der Waals surface area contributed by atoms with Crippen molar-refractivity contribution in [2.24, 2.45) is 0 Å². The Morgan fingerprint density at radius 1 is 1.00 bits per heavy atom. The lowest BCUT2D eigenvalue weighted by Gasteiger charge is -2.21. The number of furan rings is 1. The lowest BCUT2D eigenvalue weighted by atomic mass is 10.1. The first-order chi connectivity index (χ1) is 13.1. The molecule has 0 saturated carbocycles. The number of carbonyl (C=O) groups is 2. The molecule has 1 aromatic heterocycles. The highest BCUT2D eigenvalue weighted by Gasteiger charge is 2.24. The summed E-state index contributed by atoms with van der Waals surface area (Å²) in [6.07, 6.45) is 0.404. The highest BCUT2D eigenvalue weighted by Crippen LogP contribution is 2.24. The molecule has 3 rings (SSSR count). The number of amides is 1. The largest absolute Gasteiger partial charge is 0.495 e. The molecule has 2 aromatic carbocycles. The Bertz CT molecular complexity index is 918. The molecule has 0 aliphatic carbocycles. The first-order valence-corrected chi connectivity index (χ1v) is 8.43. The first kappa shape index (κ1) is 18.3. The first-order valence-electron chi connectivity index (χ1n) is 8.43. The fourth-order valence-corrected chi connectivity index (χ4v) is 2.58. The molecule has 0 aliphatic heterocycles. The summed E-state index contributed by atoms with van der Waals surface area (Å²) in [4.78, 5) is 25.4. The van der Waals surface area contributed by atoms with Gasteiger partial charge in [0.25, 0.3) is 5.91 Å². The summed E-state index contributed by atoms with van der Waals surface area (Å²) in [5.74, 6) is -0.0846. The van der Waals surface area contributed by atoms with Crippen LogP contribution in [0.4, 0.5) is 5.69 Å². The molecule has 0 unspecified atom stereocenters. The zero-order valence-electron chi connectivity index (χ0n) is 15.1. The second-order valence-corrected chi connectivity index (χ2v) is 5.96. The molecular weight excluding hydrogens is 344 g/mol. The number of carbonyl (C=O) groups excluding carboxylic acids is 2. The van der Waals surface area contributed by atoms with Gasteiger partial charge in [0.1, 0.15) is 5.75 Å². The van der Waals surface area contributed by atoms with Crippen LogP contribution in [0.2, 0.25) is 0 Å². The maximum absolute atomic E-state index is 13.0. The monoisotopic (exact) mass is 364 g/mol. The molecule has 6 nitrogen and oxygen atoms in total. The fourth-order valence-electron chi connectivity index (χ4n) is 2.58. The number of para-hydroxylation sites is 2. The van der Waals surface area contributed by atoms with Crippen molar-refractivity contribution in [3.05, 3.63) is 83.8 Å². The molecule has 138 valence electrons. The number of anilines is 1. The van der Waals surface area contributed by atoms with Gasteiger partial charge in [0, 0.05) is 5.56 Å². The van der Waals surface area contributed by atoms with Crippen molar-refractivity contribution < 1.29 is 18.7 Å². The van der Waals surface area contributed by atoms with Crippen LogP contribution in [0.5, 0.6) is 5.75 Å². The Morgan fingerprint density at radius 3 is 2.41 bits per heavy atom. The molecule has 1 amide bonds. The van der Waals surface area contributed by atoms with Crippen LogP contribution in [0.15, 0.2) is 71.3 Å². The summed E-state index contributed by atoms with van der Waals surface area (Å²) in [5.41, 5.74) is 2.11. The molecule has 1 atom stereocenters. The number of Topliss-reactive ketones (excluding diaryl/α,β-unsaturated/α-hetero) is 1. The normalized spacial score (nSPS) is 11.5. The van der Waals surface area contributed by atoms with Crippen molar-refractivity contribution in [3.8, 4) is 5.75 Å². The van der Waals surface area contributed by atoms with E-state index in [1.54, 1.807) is 37.4 Å². The van der Waals surface area contributed by atoms with Crippen LogP contribution < -0.4 is 15.4 Å². The highest BCUT2D eigenvalue weighted by molar-refractivity contribution is 6.05. The van der Waals surface area contributed by atoms with Crippen LogP contribution in [-0.4, -0.2) is 25.0 Å². The summed E-state index contributed by atoms with van der Waals surface area (Å²) < 4.78 is 10.4. The van der Waals surface area contributed by atoms with E-state index in [1.165, 1.54) is 12.3 Å². The zero-order valence-corrected chi connectivity index (χ0v) is 15.1. The zero-order chi connectivity index (χ0) is 19.2. The summed E-state index contributed by atoms with van der Waals surface area (Å²) in [5, 5.41) is 5.74. The number of nitrogens with one attached hydrogen (secondary N) is 2. The maximum atomic E-state index is 13.0. The molecule has 0 spiro atoms. The quantitative estimate of drug-likeness (QED) is 0.494. The summed E-state index contributed by atoms with van der Waals surface area (Å²) in [7, 11) is 1.54. The number of benzene rings is 2. The fraction of sp³-hybridized carbons (Fsp3) is 0.143. The van der Waals surface area contributed by atoms with Gasteiger partial charge in [0.15, 0.2) is 11.9 Å². The molecular formula is C21H20N2O4. The Hall–Kier alpha value is -3.54.